The summed E-state index contributed by atoms with van der Waals surface area (Å²) < 4.78 is 6.39. The molecule has 0 fully saturated rings. The maximum Gasteiger partial charge on any atom is 0.216 e. The molecule has 0 spiro atoms. The van der Waals surface area contributed by atoms with Crippen molar-refractivity contribution in [1.82, 2.24) is 25.6 Å². The molecule has 22 heavy (non-hydrogen) atoms. The summed E-state index contributed by atoms with van der Waals surface area (Å²) in [6, 6.07) is 5.80. The summed E-state index contributed by atoms with van der Waals surface area (Å²) in [4.78, 5) is 4.43. The van der Waals surface area contributed by atoms with Gasteiger partial charge in [0.1, 0.15) is 17.4 Å². The number of aryl methyl sites for hydroxylation is 1. The van der Waals surface area contributed by atoms with E-state index in [4.69, 9.17) is 10.00 Å². The first-order valence-electron chi connectivity index (χ1n) is 6.27. The van der Waals surface area contributed by atoms with Crippen LogP contribution in [0.25, 0.3) is 15.8 Å². The summed E-state index contributed by atoms with van der Waals surface area (Å²) in [5.74, 6) is 0.864. The van der Waals surface area contributed by atoms with Crippen LogP contribution < -0.4 is 10.1 Å². The summed E-state index contributed by atoms with van der Waals surface area (Å²) in [6.07, 6.45) is 1.52. The third kappa shape index (κ3) is 2.59. The Hall–Kier alpha value is -2.99. The Kier molecular flexibility index (Phi) is 3.67. The Bertz CT molecular complexity index is 876. The number of methoxy groups -OCH3 is 1. The van der Waals surface area contributed by atoms with Crippen molar-refractivity contribution in [2.45, 2.75) is 6.92 Å². The van der Waals surface area contributed by atoms with Gasteiger partial charge in [-0.1, -0.05) is 0 Å². The monoisotopic (exact) mass is 313 g/mol. The van der Waals surface area contributed by atoms with Gasteiger partial charge in [0.05, 0.1) is 28.0 Å². The highest BCUT2D eigenvalue weighted by Gasteiger charge is 2.10. The molecule has 9 heteroatoms. The number of aromatic amines is 1. The Labute approximate surface area is 129 Å². The van der Waals surface area contributed by atoms with Crippen molar-refractivity contribution in [3.63, 3.8) is 0 Å². The number of hydrogen-bond acceptors (Lipinski definition) is 8. The number of tetrazole rings is 1. The molecule has 0 aliphatic rings. The zero-order valence-electron chi connectivity index (χ0n) is 11.8. The third-order valence-corrected chi connectivity index (χ3v) is 3.83. The molecule has 8 nitrogen and oxygen atoms in total. The second kappa shape index (κ2) is 5.79. The number of aromatic nitrogens is 5. The van der Waals surface area contributed by atoms with E-state index >= 15 is 0 Å². The molecular formula is C13H11N7OS. The smallest absolute Gasteiger partial charge is 0.216 e. The van der Waals surface area contributed by atoms with E-state index in [9.17, 15) is 0 Å². The van der Waals surface area contributed by atoms with E-state index < -0.39 is 0 Å². The van der Waals surface area contributed by atoms with Crippen LogP contribution in [-0.4, -0.2) is 32.7 Å². The van der Waals surface area contributed by atoms with E-state index in [1.54, 1.807) is 18.4 Å². The highest BCUT2D eigenvalue weighted by molar-refractivity contribution is 7.18. The van der Waals surface area contributed by atoms with Crippen LogP contribution in [0.15, 0.2) is 18.3 Å². The molecule has 1 aromatic carbocycles. The van der Waals surface area contributed by atoms with Crippen molar-refractivity contribution in [2.75, 3.05) is 12.4 Å². The molecule has 0 atom stereocenters. The molecule has 0 unspecified atom stereocenters. The van der Waals surface area contributed by atoms with Crippen LogP contribution >= 0.6 is 11.3 Å². The first kappa shape index (κ1) is 14.0. The van der Waals surface area contributed by atoms with Crippen LogP contribution in [0.2, 0.25) is 0 Å². The average molecular weight is 313 g/mol. The summed E-state index contributed by atoms with van der Waals surface area (Å²) in [5, 5.41) is 26.5. The molecule has 2 N–H and O–H groups in total. The van der Waals surface area contributed by atoms with Crippen LogP contribution in [-0.2, 0) is 0 Å². The minimum absolute atomic E-state index is 0.226. The molecule has 0 aliphatic heterocycles. The lowest BCUT2D eigenvalue weighted by molar-refractivity contribution is 0.417. The lowest BCUT2D eigenvalue weighted by atomic mass is 10.2. The van der Waals surface area contributed by atoms with Crippen molar-refractivity contribution in [1.29, 1.82) is 5.26 Å². The fourth-order valence-corrected chi connectivity index (χ4v) is 2.77. The largest absolute Gasteiger partial charge is 0.494 e. The van der Waals surface area contributed by atoms with Gasteiger partial charge in [0, 0.05) is 12.3 Å². The van der Waals surface area contributed by atoms with E-state index in [1.165, 1.54) is 6.20 Å². The number of rotatable bonds is 4. The standard InChI is InChI=1S/C13H11N7OS/c1-7-16-10-3-11(21-2)9(4-12(10)22-7)15-6-8(5-14)13-17-19-20-18-13/h3-4,6,15H,1-2H3,(H,17,18,19,20). The maximum atomic E-state index is 9.16. The zero-order chi connectivity index (χ0) is 15.5. The lowest BCUT2D eigenvalue weighted by Crippen LogP contribution is -1.96. The molecule has 0 saturated heterocycles. The normalized spacial score (nSPS) is 11.4. The van der Waals surface area contributed by atoms with E-state index in [2.05, 4.69) is 30.9 Å². The van der Waals surface area contributed by atoms with E-state index in [0.29, 0.717) is 5.75 Å². The number of ether oxygens (including phenoxy) is 1. The number of benzene rings is 1. The SMILES string of the molecule is COc1cc2nc(C)sc2cc1NC=C(C#N)c1nn[nH]n1. The van der Waals surface area contributed by atoms with Crippen molar-refractivity contribution in [2.24, 2.45) is 0 Å². The van der Waals surface area contributed by atoms with Crippen LogP contribution in [0.3, 0.4) is 0 Å². The molecule has 0 bridgehead atoms. The average Bonchev–Trinajstić information content (AvgIpc) is 3.15. The third-order valence-electron chi connectivity index (χ3n) is 2.90. The quantitative estimate of drug-likeness (QED) is 0.709. The van der Waals surface area contributed by atoms with Gasteiger partial charge in [-0.25, -0.2) is 4.98 Å². The van der Waals surface area contributed by atoms with Crippen molar-refractivity contribution in [3.8, 4) is 11.8 Å². The number of fused-ring (bicyclic) bond motifs is 1. The number of anilines is 1. The number of thiazole rings is 1. The number of hydrogen-bond donors (Lipinski definition) is 2. The highest BCUT2D eigenvalue weighted by Crippen LogP contribution is 2.33. The molecule has 2 aromatic heterocycles. The van der Waals surface area contributed by atoms with Gasteiger partial charge >= 0.3 is 0 Å². The van der Waals surface area contributed by atoms with Crippen molar-refractivity contribution < 1.29 is 4.74 Å². The second-order valence-corrected chi connectivity index (χ2v) is 5.54. The predicted octanol–water partition coefficient (Wildman–Crippen LogP) is 2.10. The molecule has 2 heterocycles. The second-order valence-electron chi connectivity index (χ2n) is 4.30. The number of nitriles is 1. The first-order valence-corrected chi connectivity index (χ1v) is 7.08. The molecule has 0 saturated carbocycles. The van der Waals surface area contributed by atoms with E-state index in [-0.39, 0.29) is 11.4 Å². The summed E-state index contributed by atoms with van der Waals surface area (Å²) in [6.45, 7) is 1.95. The van der Waals surface area contributed by atoms with Crippen LogP contribution in [0.4, 0.5) is 5.69 Å². The zero-order valence-corrected chi connectivity index (χ0v) is 12.6. The summed E-state index contributed by atoms with van der Waals surface area (Å²) in [5.41, 5.74) is 1.87. The number of H-pyrrole nitrogens is 1. The van der Waals surface area contributed by atoms with Crippen molar-refractivity contribution >= 4 is 32.8 Å². The molecule has 3 rings (SSSR count). The first-order chi connectivity index (χ1) is 10.7. The summed E-state index contributed by atoms with van der Waals surface area (Å²) >= 11 is 1.59. The fourth-order valence-electron chi connectivity index (χ4n) is 1.92. The highest BCUT2D eigenvalue weighted by atomic mass is 32.1. The minimum atomic E-state index is 0.226. The number of allylic oxidation sites excluding steroid dienone is 1. The van der Waals surface area contributed by atoms with Crippen LogP contribution in [0.1, 0.15) is 10.8 Å². The predicted molar refractivity (Wildman–Crippen MR) is 82.3 cm³/mol. The van der Waals surface area contributed by atoms with E-state index in [1.807, 2.05) is 25.1 Å². The lowest BCUT2D eigenvalue weighted by Gasteiger charge is -2.08. The van der Waals surface area contributed by atoms with Gasteiger partial charge in [-0.3, -0.25) is 0 Å². The Morgan fingerprint density at radius 3 is 3.05 bits per heavy atom. The fraction of sp³-hybridized carbons (Fsp3) is 0.154. The maximum absolute atomic E-state index is 9.16. The van der Waals surface area contributed by atoms with Crippen LogP contribution in [0, 0.1) is 18.3 Å². The molecule has 110 valence electrons. The molecule has 0 aliphatic carbocycles. The van der Waals surface area contributed by atoms with Gasteiger partial charge in [-0.15, -0.1) is 21.5 Å². The number of nitrogens with zero attached hydrogens (tertiary/aromatic N) is 5. The molecule has 3 aromatic rings. The van der Waals surface area contributed by atoms with Gasteiger partial charge in [0.25, 0.3) is 0 Å². The number of nitrogens with one attached hydrogen (secondary N) is 2. The Morgan fingerprint density at radius 2 is 2.36 bits per heavy atom. The van der Waals surface area contributed by atoms with Gasteiger partial charge in [0.2, 0.25) is 5.82 Å². The molecule has 0 amide bonds. The Morgan fingerprint density at radius 1 is 1.50 bits per heavy atom. The van der Waals surface area contributed by atoms with Gasteiger partial charge in [0.15, 0.2) is 0 Å². The summed E-state index contributed by atoms with van der Waals surface area (Å²) in [7, 11) is 1.58. The van der Waals surface area contributed by atoms with Crippen molar-refractivity contribution in [3.05, 3.63) is 29.2 Å². The minimum Gasteiger partial charge on any atom is -0.494 e. The van der Waals surface area contributed by atoms with Gasteiger partial charge < -0.3 is 10.1 Å². The van der Waals surface area contributed by atoms with Crippen LogP contribution in [0.5, 0.6) is 5.75 Å². The van der Waals surface area contributed by atoms with Gasteiger partial charge in [-0.05, 0) is 18.2 Å². The van der Waals surface area contributed by atoms with E-state index in [0.717, 1.165) is 20.9 Å². The van der Waals surface area contributed by atoms with Gasteiger partial charge in [-0.2, -0.15) is 10.5 Å². The molecule has 0 radical (unpaired) electrons. The Balaban J connectivity index is 1.97. The molecular weight excluding hydrogens is 302 g/mol. The topological polar surface area (TPSA) is 112 Å².